The molecular weight excluding hydrogens is 138 g/mol. The van der Waals surface area contributed by atoms with Gasteiger partial charge in [0, 0.05) is 12.0 Å². The zero-order chi connectivity index (χ0) is 6.74. The SMILES string of the molecule is OS1(O)C=CCCN=C1. The van der Waals surface area contributed by atoms with Crippen LogP contribution in [-0.2, 0) is 0 Å². The van der Waals surface area contributed by atoms with Crippen LogP contribution in [0.5, 0.6) is 0 Å². The van der Waals surface area contributed by atoms with Gasteiger partial charge in [-0.2, -0.15) is 0 Å². The summed E-state index contributed by atoms with van der Waals surface area (Å²) in [5, 5.41) is 1.41. The first kappa shape index (κ1) is 6.80. The van der Waals surface area contributed by atoms with Crippen molar-refractivity contribution in [2.75, 3.05) is 6.54 Å². The molecule has 9 heavy (non-hydrogen) atoms. The van der Waals surface area contributed by atoms with Gasteiger partial charge < -0.3 is 0 Å². The molecule has 1 heterocycles. The van der Waals surface area contributed by atoms with Crippen LogP contribution >= 0.6 is 10.6 Å². The van der Waals surface area contributed by atoms with Gasteiger partial charge in [0.1, 0.15) is 5.55 Å². The first-order valence-corrected chi connectivity index (χ1v) is 4.33. The number of aliphatic imine (C=N–C) groups is 1. The lowest BCUT2D eigenvalue weighted by molar-refractivity contribution is 0.516. The summed E-state index contributed by atoms with van der Waals surface area (Å²) in [5.41, 5.74) is 1.22. The summed E-state index contributed by atoms with van der Waals surface area (Å²) in [5.74, 6) is 0. The molecule has 0 aromatic carbocycles. The van der Waals surface area contributed by atoms with Gasteiger partial charge in [-0.15, -0.1) is 10.6 Å². The lowest BCUT2D eigenvalue weighted by atomic mass is 10.4. The fraction of sp³-hybridized carbons (Fsp3) is 0.400. The predicted molar refractivity (Wildman–Crippen MR) is 40.0 cm³/mol. The normalized spacial score (nSPS) is 27.3. The highest BCUT2D eigenvalue weighted by Gasteiger charge is 2.03. The van der Waals surface area contributed by atoms with Crippen molar-refractivity contribution in [3.8, 4) is 0 Å². The maximum Gasteiger partial charge on any atom is 0.109 e. The monoisotopic (exact) mass is 147 g/mol. The fourth-order valence-electron chi connectivity index (χ4n) is 0.556. The Morgan fingerprint density at radius 1 is 1.44 bits per heavy atom. The Kier molecular flexibility index (Phi) is 1.90. The van der Waals surface area contributed by atoms with Gasteiger partial charge in [-0.05, 0) is 6.42 Å². The van der Waals surface area contributed by atoms with Gasteiger partial charge in [0.05, 0.1) is 0 Å². The molecule has 1 aliphatic rings. The average molecular weight is 147 g/mol. The maximum absolute atomic E-state index is 8.96. The summed E-state index contributed by atoms with van der Waals surface area (Å²) in [6.45, 7) is 0.659. The van der Waals surface area contributed by atoms with Crippen molar-refractivity contribution >= 4 is 16.1 Å². The van der Waals surface area contributed by atoms with Crippen LogP contribution in [0.3, 0.4) is 0 Å². The molecule has 0 spiro atoms. The Morgan fingerprint density at radius 2 is 2.22 bits per heavy atom. The molecule has 0 radical (unpaired) electrons. The van der Waals surface area contributed by atoms with Crippen molar-refractivity contribution in [3.05, 3.63) is 11.5 Å². The Labute approximate surface area is 55.5 Å². The Hall–Kier alpha value is -0.320. The quantitative estimate of drug-likeness (QED) is 0.547. The minimum atomic E-state index is -2.59. The van der Waals surface area contributed by atoms with Crippen LogP contribution < -0.4 is 0 Å². The van der Waals surface area contributed by atoms with Crippen molar-refractivity contribution in [2.24, 2.45) is 4.99 Å². The molecule has 0 saturated carbocycles. The molecule has 2 N–H and O–H groups in total. The Balaban J connectivity index is 2.70. The number of hydrogen-bond acceptors (Lipinski definition) is 3. The molecule has 0 unspecified atom stereocenters. The third-order valence-electron chi connectivity index (χ3n) is 0.951. The molecular formula is C5H9NO2S. The van der Waals surface area contributed by atoms with Gasteiger partial charge in [-0.1, -0.05) is 6.08 Å². The number of nitrogens with zero attached hydrogens (tertiary/aromatic N) is 1. The maximum atomic E-state index is 8.96. The van der Waals surface area contributed by atoms with E-state index in [1.165, 1.54) is 11.0 Å². The van der Waals surface area contributed by atoms with Crippen LogP contribution in [0, 0.1) is 0 Å². The second-order valence-electron chi connectivity index (χ2n) is 1.81. The van der Waals surface area contributed by atoms with Crippen LogP contribution in [0.2, 0.25) is 0 Å². The molecule has 4 heteroatoms. The van der Waals surface area contributed by atoms with Crippen molar-refractivity contribution in [2.45, 2.75) is 6.42 Å². The van der Waals surface area contributed by atoms with Crippen molar-refractivity contribution in [1.82, 2.24) is 0 Å². The second kappa shape index (κ2) is 2.51. The number of hydrogen-bond donors (Lipinski definition) is 2. The van der Waals surface area contributed by atoms with E-state index in [-0.39, 0.29) is 0 Å². The number of rotatable bonds is 0. The molecule has 1 rings (SSSR count). The summed E-state index contributed by atoms with van der Waals surface area (Å²) < 4.78 is 17.9. The topological polar surface area (TPSA) is 52.8 Å². The van der Waals surface area contributed by atoms with E-state index in [0.717, 1.165) is 6.42 Å². The van der Waals surface area contributed by atoms with Gasteiger partial charge in [-0.3, -0.25) is 14.1 Å². The van der Waals surface area contributed by atoms with Crippen LogP contribution in [0.15, 0.2) is 16.5 Å². The van der Waals surface area contributed by atoms with Gasteiger partial charge in [0.15, 0.2) is 0 Å². The van der Waals surface area contributed by atoms with Gasteiger partial charge in [0.2, 0.25) is 0 Å². The molecule has 1 aliphatic heterocycles. The molecule has 0 aromatic heterocycles. The fourth-order valence-corrected chi connectivity index (χ4v) is 1.37. The van der Waals surface area contributed by atoms with Crippen LogP contribution in [0.25, 0.3) is 0 Å². The first-order valence-electron chi connectivity index (χ1n) is 2.65. The standard InChI is InChI=1S/C5H9NO2S/c7-9(8)4-2-1-3-6-5-9/h2,4-5,7-8H,1,3H2. The van der Waals surface area contributed by atoms with E-state index in [1.54, 1.807) is 6.08 Å². The van der Waals surface area contributed by atoms with Gasteiger partial charge in [0.25, 0.3) is 0 Å². The van der Waals surface area contributed by atoms with E-state index in [9.17, 15) is 0 Å². The summed E-state index contributed by atoms with van der Waals surface area (Å²) in [7, 11) is -2.59. The molecule has 3 nitrogen and oxygen atoms in total. The van der Waals surface area contributed by atoms with E-state index in [1.807, 2.05) is 0 Å². The second-order valence-corrected chi connectivity index (χ2v) is 3.57. The summed E-state index contributed by atoms with van der Waals surface area (Å²) in [6.07, 6.45) is 2.54. The van der Waals surface area contributed by atoms with Crippen LogP contribution in [0.1, 0.15) is 6.42 Å². The minimum absolute atomic E-state index is 0.659. The van der Waals surface area contributed by atoms with E-state index in [4.69, 9.17) is 9.11 Å². The molecule has 0 bridgehead atoms. The molecule has 0 aromatic rings. The average Bonchev–Trinajstić information content (AvgIpc) is 1.92. The highest BCUT2D eigenvalue weighted by molar-refractivity contribution is 8.37. The smallest absolute Gasteiger partial charge is 0.109 e. The largest absolute Gasteiger partial charge is 0.290 e. The lowest BCUT2D eigenvalue weighted by Crippen LogP contribution is -1.91. The lowest BCUT2D eigenvalue weighted by Gasteiger charge is -2.20. The van der Waals surface area contributed by atoms with E-state index in [2.05, 4.69) is 4.99 Å². The molecule has 0 aliphatic carbocycles. The van der Waals surface area contributed by atoms with Crippen LogP contribution in [0.4, 0.5) is 0 Å². The Bertz CT molecular complexity index is 137. The summed E-state index contributed by atoms with van der Waals surface area (Å²) in [4.78, 5) is 3.77. The third kappa shape index (κ3) is 2.17. The van der Waals surface area contributed by atoms with Crippen molar-refractivity contribution < 1.29 is 9.11 Å². The first-order chi connectivity index (χ1) is 4.21. The zero-order valence-electron chi connectivity index (χ0n) is 4.90. The zero-order valence-corrected chi connectivity index (χ0v) is 5.71. The van der Waals surface area contributed by atoms with Crippen molar-refractivity contribution in [3.63, 3.8) is 0 Å². The molecule has 0 saturated heterocycles. The molecule has 52 valence electrons. The van der Waals surface area contributed by atoms with E-state index < -0.39 is 10.6 Å². The Morgan fingerprint density at radius 3 is 3.00 bits per heavy atom. The minimum Gasteiger partial charge on any atom is -0.290 e. The summed E-state index contributed by atoms with van der Waals surface area (Å²) in [6, 6.07) is 0. The molecule has 0 amide bonds. The highest BCUT2D eigenvalue weighted by Crippen LogP contribution is 2.37. The van der Waals surface area contributed by atoms with E-state index >= 15 is 0 Å². The third-order valence-corrected chi connectivity index (χ3v) is 2.00. The van der Waals surface area contributed by atoms with Crippen molar-refractivity contribution in [1.29, 1.82) is 0 Å². The van der Waals surface area contributed by atoms with Gasteiger partial charge >= 0.3 is 0 Å². The van der Waals surface area contributed by atoms with E-state index in [0.29, 0.717) is 6.54 Å². The highest BCUT2D eigenvalue weighted by atomic mass is 32.3. The predicted octanol–water partition coefficient (Wildman–Crippen LogP) is 1.68. The van der Waals surface area contributed by atoms with Crippen LogP contribution in [-0.4, -0.2) is 21.2 Å². The molecule has 0 fully saturated rings. The summed E-state index contributed by atoms with van der Waals surface area (Å²) >= 11 is 0. The van der Waals surface area contributed by atoms with Gasteiger partial charge in [-0.25, -0.2) is 0 Å². The molecule has 0 atom stereocenters.